The van der Waals surface area contributed by atoms with Crippen molar-refractivity contribution in [2.24, 2.45) is 0 Å². The predicted molar refractivity (Wildman–Crippen MR) is 202 cm³/mol. The zero-order valence-corrected chi connectivity index (χ0v) is 30.6. The lowest BCUT2D eigenvalue weighted by atomic mass is 9.90. The SMILES string of the molecule is CCN(CC)c1ccc2c(-c3ccccc3C(=O)N3CCN(C(=O)CCSSCCC(=O)O)CC3)c3ccc(=[N+](CC)CC)cc-3oc2c1. The maximum atomic E-state index is 14.2. The first-order chi connectivity index (χ1) is 23.8. The summed E-state index contributed by atoms with van der Waals surface area (Å²) in [6, 6.07) is 20.6. The Balaban J connectivity index is 1.44. The average Bonchev–Trinajstić information content (AvgIpc) is 3.12. The first kappa shape index (κ1) is 36.3. The number of carboxylic acids is 1. The monoisotopic (exact) mass is 703 g/mol. The van der Waals surface area contributed by atoms with E-state index in [1.165, 1.54) is 21.6 Å². The Bertz CT molecular complexity index is 1820. The molecule has 2 aromatic rings. The molecule has 1 N–H and O–H groups in total. The molecule has 2 aliphatic heterocycles. The van der Waals surface area contributed by atoms with Crippen LogP contribution in [0.25, 0.3) is 33.4 Å². The molecule has 0 unspecified atom stereocenters. The van der Waals surface area contributed by atoms with Crippen molar-refractivity contribution in [2.45, 2.75) is 40.5 Å². The quantitative estimate of drug-likeness (QED) is 0.0699. The number of aliphatic carboxylic acids is 1. The third-order valence-corrected chi connectivity index (χ3v) is 11.6. The third-order valence-electron chi connectivity index (χ3n) is 9.17. The van der Waals surface area contributed by atoms with Crippen molar-refractivity contribution < 1.29 is 23.9 Å². The first-order valence-electron chi connectivity index (χ1n) is 17.3. The predicted octanol–water partition coefficient (Wildman–Crippen LogP) is 6.39. The number of fused-ring (bicyclic) bond motifs is 2. The fraction of sp³-hybridized carbons (Fsp3) is 0.421. The third kappa shape index (κ3) is 8.44. The van der Waals surface area contributed by atoms with Gasteiger partial charge in [0, 0.05) is 97.1 Å². The van der Waals surface area contributed by atoms with Crippen LogP contribution in [0.15, 0.2) is 65.1 Å². The second-order valence-electron chi connectivity index (χ2n) is 11.9. The van der Waals surface area contributed by atoms with Gasteiger partial charge in [-0.1, -0.05) is 39.8 Å². The Morgan fingerprint density at radius 2 is 1.49 bits per heavy atom. The molecule has 0 radical (unpaired) electrons. The molecule has 0 atom stereocenters. The molecule has 260 valence electrons. The maximum Gasteiger partial charge on any atom is 0.304 e. The van der Waals surface area contributed by atoms with Crippen LogP contribution in [0.1, 0.15) is 50.9 Å². The van der Waals surface area contributed by atoms with Gasteiger partial charge >= 0.3 is 5.97 Å². The van der Waals surface area contributed by atoms with Crippen LogP contribution in [-0.2, 0) is 9.59 Å². The lowest BCUT2D eigenvalue weighted by Gasteiger charge is -2.35. The summed E-state index contributed by atoms with van der Waals surface area (Å²) in [5, 5.41) is 10.8. The summed E-state index contributed by atoms with van der Waals surface area (Å²) in [5.41, 5.74) is 5.29. The van der Waals surface area contributed by atoms with Gasteiger partial charge in [0.1, 0.15) is 24.4 Å². The number of hydrogen-bond acceptors (Lipinski definition) is 7. The lowest BCUT2D eigenvalue weighted by molar-refractivity contribution is -0.136. The minimum atomic E-state index is -0.811. The maximum absolute atomic E-state index is 14.2. The molecular weight excluding hydrogens is 657 g/mol. The highest BCUT2D eigenvalue weighted by atomic mass is 33.1. The van der Waals surface area contributed by atoms with E-state index in [1.807, 2.05) is 34.1 Å². The van der Waals surface area contributed by atoms with E-state index in [0.29, 0.717) is 49.7 Å². The van der Waals surface area contributed by atoms with Crippen LogP contribution in [0.3, 0.4) is 0 Å². The second-order valence-corrected chi connectivity index (χ2v) is 14.6. The van der Waals surface area contributed by atoms with Crippen molar-refractivity contribution in [3.8, 4) is 22.5 Å². The standard InChI is InChI=1S/C38H46N4O5S2/c1-5-39(6-2)27-13-15-31-33(25-27)47-34-26-28(40(7-3)8-4)14-16-32(34)37(31)29-11-9-10-12-30(29)38(46)42-21-19-41(20-22-42)35(43)17-23-48-49-24-18-36(44)45/h9-16,25-26H,5-8,17-24H2,1-4H3/p+1. The molecule has 1 saturated heterocycles. The van der Waals surface area contributed by atoms with Crippen LogP contribution in [0.2, 0.25) is 0 Å². The molecule has 2 aromatic carbocycles. The van der Waals surface area contributed by atoms with Gasteiger partial charge in [-0.25, -0.2) is 4.58 Å². The summed E-state index contributed by atoms with van der Waals surface area (Å²) in [5.74, 6) is 1.14. The molecule has 0 bridgehead atoms. The van der Waals surface area contributed by atoms with Crippen molar-refractivity contribution in [3.05, 3.63) is 71.6 Å². The number of benzene rings is 3. The summed E-state index contributed by atoms with van der Waals surface area (Å²) < 4.78 is 8.96. The van der Waals surface area contributed by atoms with E-state index >= 15 is 0 Å². The summed E-state index contributed by atoms with van der Waals surface area (Å²) in [7, 11) is 3.01. The molecule has 3 aliphatic rings. The number of anilines is 1. The molecule has 5 rings (SSSR count). The van der Waals surface area contributed by atoms with Crippen LogP contribution in [-0.4, -0.2) is 96.6 Å². The fourth-order valence-electron chi connectivity index (χ4n) is 6.48. The van der Waals surface area contributed by atoms with Crippen LogP contribution < -0.4 is 14.8 Å². The van der Waals surface area contributed by atoms with Crippen molar-refractivity contribution in [1.82, 2.24) is 14.4 Å². The number of carbonyl (C=O) groups excluding carboxylic acids is 2. The molecule has 1 aliphatic carbocycles. The van der Waals surface area contributed by atoms with E-state index in [4.69, 9.17) is 9.52 Å². The molecule has 1 fully saturated rings. The van der Waals surface area contributed by atoms with E-state index in [2.05, 4.69) is 73.6 Å². The van der Waals surface area contributed by atoms with Gasteiger partial charge in [-0.2, -0.15) is 0 Å². The van der Waals surface area contributed by atoms with Crippen LogP contribution in [0.5, 0.6) is 0 Å². The Morgan fingerprint density at radius 3 is 2.16 bits per heavy atom. The average molecular weight is 704 g/mol. The molecular formula is C38H47N4O5S2+. The van der Waals surface area contributed by atoms with Gasteiger partial charge < -0.3 is 24.2 Å². The van der Waals surface area contributed by atoms with Crippen molar-refractivity contribution >= 4 is 56.0 Å². The molecule has 9 nitrogen and oxygen atoms in total. The van der Waals surface area contributed by atoms with Gasteiger partial charge in [-0.3, -0.25) is 14.4 Å². The molecule has 0 spiro atoms. The summed E-state index contributed by atoms with van der Waals surface area (Å²) in [4.78, 5) is 43.8. The Kier molecular flexibility index (Phi) is 12.7. The number of rotatable bonds is 14. The molecule has 2 heterocycles. The highest BCUT2D eigenvalue weighted by Gasteiger charge is 2.28. The highest BCUT2D eigenvalue weighted by molar-refractivity contribution is 8.76. The first-order valence-corrected chi connectivity index (χ1v) is 19.7. The van der Waals surface area contributed by atoms with E-state index < -0.39 is 5.97 Å². The molecule has 49 heavy (non-hydrogen) atoms. The normalized spacial score (nSPS) is 13.2. The number of nitrogens with zero attached hydrogens (tertiary/aromatic N) is 4. The van der Waals surface area contributed by atoms with Gasteiger partial charge in [0.05, 0.1) is 12.5 Å². The summed E-state index contributed by atoms with van der Waals surface area (Å²) in [6.07, 6.45) is 0.513. The van der Waals surface area contributed by atoms with E-state index in [9.17, 15) is 14.4 Å². The van der Waals surface area contributed by atoms with E-state index in [1.54, 1.807) is 0 Å². The van der Waals surface area contributed by atoms with E-state index in [-0.39, 0.29) is 18.2 Å². The van der Waals surface area contributed by atoms with Gasteiger partial charge in [0.2, 0.25) is 11.3 Å². The Morgan fingerprint density at radius 1 is 0.816 bits per heavy atom. The van der Waals surface area contributed by atoms with Crippen molar-refractivity contribution in [3.63, 3.8) is 0 Å². The zero-order chi connectivity index (χ0) is 34.9. The fourth-order valence-corrected chi connectivity index (χ4v) is 8.44. The molecule has 0 aromatic heterocycles. The summed E-state index contributed by atoms with van der Waals surface area (Å²) >= 11 is 0. The number of piperazine rings is 1. The molecule has 11 heteroatoms. The molecule has 0 saturated carbocycles. The number of carboxylic acid groups (broad SMARTS) is 1. The Hall–Kier alpha value is -3.96. The smallest absolute Gasteiger partial charge is 0.304 e. The largest absolute Gasteiger partial charge is 0.481 e. The van der Waals surface area contributed by atoms with Gasteiger partial charge in [-0.05, 0) is 57.5 Å². The van der Waals surface area contributed by atoms with Gasteiger partial charge in [0.15, 0.2) is 0 Å². The number of hydrogen-bond donors (Lipinski definition) is 1. The van der Waals surface area contributed by atoms with Gasteiger partial charge in [-0.15, -0.1) is 0 Å². The number of amides is 2. The minimum Gasteiger partial charge on any atom is -0.481 e. The van der Waals surface area contributed by atoms with Crippen LogP contribution in [0.4, 0.5) is 5.69 Å². The lowest BCUT2D eigenvalue weighted by Crippen LogP contribution is -2.50. The topological polar surface area (TPSA) is 97.3 Å². The van der Waals surface area contributed by atoms with Crippen LogP contribution >= 0.6 is 21.6 Å². The zero-order valence-electron chi connectivity index (χ0n) is 28.9. The second kappa shape index (κ2) is 17.1. The number of carbonyl (C=O) groups is 3. The van der Waals surface area contributed by atoms with Crippen molar-refractivity contribution in [2.75, 3.05) is 68.8 Å². The van der Waals surface area contributed by atoms with E-state index in [0.717, 1.165) is 70.6 Å². The highest BCUT2D eigenvalue weighted by Crippen LogP contribution is 2.42. The van der Waals surface area contributed by atoms with Crippen LogP contribution in [0, 0.1) is 0 Å². The van der Waals surface area contributed by atoms with Crippen molar-refractivity contribution in [1.29, 1.82) is 0 Å². The summed E-state index contributed by atoms with van der Waals surface area (Å²) in [6.45, 7) is 14.0. The molecule has 2 amide bonds. The minimum absolute atomic E-state index is 0.0466. The van der Waals surface area contributed by atoms with Gasteiger partial charge in [0.25, 0.3) is 5.91 Å². The Labute approximate surface area is 296 Å².